The Labute approximate surface area is 145 Å². The molecule has 0 aliphatic rings. The molecule has 1 atom stereocenters. The third kappa shape index (κ3) is 5.56. The van der Waals surface area contributed by atoms with Crippen molar-refractivity contribution in [3.8, 4) is 9.88 Å². The Kier molecular flexibility index (Phi) is 9.08. The Bertz CT molecular complexity index is 556. The molecule has 0 spiro atoms. The fourth-order valence-corrected chi connectivity index (χ4v) is 3.39. The number of nitrogens with one attached hydrogen (secondary N) is 1. The Balaban J connectivity index is 0.00000200. The standard InChI is InChI=1S/C13H17N3OS2.2ClH/c1-8(14)5-6-15-12(17)11-9(2)16-13(19-11)10-4-3-7-18-10;;/h3-4,7-8H,5-6,14H2,1-2H3,(H,15,17);2*1H. The van der Waals surface area contributed by atoms with Gasteiger partial charge in [-0.05, 0) is 31.7 Å². The van der Waals surface area contributed by atoms with Crippen molar-refractivity contribution in [1.82, 2.24) is 10.3 Å². The summed E-state index contributed by atoms with van der Waals surface area (Å²) in [6, 6.07) is 4.10. The van der Waals surface area contributed by atoms with E-state index in [-0.39, 0.29) is 36.8 Å². The van der Waals surface area contributed by atoms with Crippen LogP contribution in [0.2, 0.25) is 0 Å². The molecule has 8 heteroatoms. The zero-order valence-electron chi connectivity index (χ0n) is 11.8. The molecule has 118 valence electrons. The van der Waals surface area contributed by atoms with Crippen molar-refractivity contribution >= 4 is 53.4 Å². The number of thiophene rings is 1. The molecule has 0 bridgehead atoms. The Morgan fingerprint density at radius 3 is 2.76 bits per heavy atom. The highest BCUT2D eigenvalue weighted by Gasteiger charge is 2.16. The van der Waals surface area contributed by atoms with E-state index in [9.17, 15) is 4.79 Å². The highest BCUT2D eigenvalue weighted by atomic mass is 35.5. The Morgan fingerprint density at radius 2 is 2.19 bits per heavy atom. The van der Waals surface area contributed by atoms with E-state index in [1.165, 1.54) is 11.3 Å². The van der Waals surface area contributed by atoms with Gasteiger partial charge in [0.15, 0.2) is 0 Å². The van der Waals surface area contributed by atoms with E-state index in [0.29, 0.717) is 11.4 Å². The summed E-state index contributed by atoms with van der Waals surface area (Å²) in [7, 11) is 0. The molecule has 0 aliphatic heterocycles. The summed E-state index contributed by atoms with van der Waals surface area (Å²) in [5.74, 6) is -0.0570. The van der Waals surface area contributed by atoms with Crippen LogP contribution in [0, 0.1) is 6.92 Å². The van der Waals surface area contributed by atoms with E-state index in [1.54, 1.807) is 11.3 Å². The van der Waals surface area contributed by atoms with Gasteiger partial charge >= 0.3 is 0 Å². The number of amides is 1. The van der Waals surface area contributed by atoms with Crippen molar-refractivity contribution < 1.29 is 4.79 Å². The minimum Gasteiger partial charge on any atom is -0.351 e. The lowest BCUT2D eigenvalue weighted by molar-refractivity contribution is 0.0956. The molecule has 1 amide bonds. The van der Waals surface area contributed by atoms with Crippen LogP contribution < -0.4 is 11.1 Å². The summed E-state index contributed by atoms with van der Waals surface area (Å²) >= 11 is 3.07. The van der Waals surface area contributed by atoms with E-state index in [2.05, 4.69) is 10.3 Å². The summed E-state index contributed by atoms with van der Waals surface area (Å²) in [4.78, 5) is 18.3. The van der Waals surface area contributed by atoms with E-state index < -0.39 is 0 Å². The predicted octanol–water partition coefficient (Wildman–Crippen LogP) is 3.49. The van der Waals surface area contributed by atoms with Gasteiger partial charge < -0.3 is 11.1 Å². The molecule has 0 saturated heterocycles. The lowest BCUT2D eigenvalue weighted by Crippen LogP contribution is -2.28. The average molecular weight is 368 g/mol. The van der Waals surface area contributed by atoms with Crippen LogP contribution in [0.5, 0.6) is 0 Å². The first-order chi connectivity index (χ1) is 9.08. The first kappa shape index (κ1) is 20.3. The molecule has 0 aliphatic carbocycles. The zero-order chi connectivity index (χ0) is 13.8. The molecule has 4 nitrogen and oxygen atoms in total. The largest absolute Gasteiger partial charge is 0.351 e. The van der Waals surface area contributed by atoms with E-state index in [0.717, 1.165) is 22.0 Å². The number of aromatic nitrogens is 1. The molecule has 2 aromatic heterocycles. The minimum atomic E-state index is -0.0570. The monoisotopic (exact) mass is 367 g/mol. The van der Waals surface area contributed by atoms with Crippen molar-refractivity contribution in [2.24, 2.45) is 5.73 Å². The molecule has 21 heavy (non-hydrogen) atoms. The van der Waals surface area contributed by atoms with Gasteiger partial charge in [-0.2, -0.15) is 0 Å². The van der Waals surface area contributed by atoms with Crippen molar-refractivity contribution in [3.63, 3.8) is 0 Å². The molecular weight excluding hydrogens is 349 g/mol. The van der Waals surface area contributed by atoms with Crippen LogP contribution in [-0.4, -0.2) is 23.5 Å². The van der Waals surface area contributed by atoms with Gasteiger partial charge in [-0.3, -0.25) is 4.79 Å². The highest BCUT2D eigenvalue weighted by molar-refractivity contribution is 7.22. The molecule has 2 heterocycles. The maximum absolute atomic E-state index is 12.1. The first-order valence-corrected chi connectivity index (χ1v) is 7.82. The van der Waals surface area contributed by atoms with Crippen LogP contribution in [0.25, 0.3) is 9.88 Å². The van der Waals surface area contributed by atoms with E-state index in [4.69, 9.17) is 5.73 Å². The summed E-state index contributed by atoms with van der Waals surface area (Å²) in [5.41, 5.74) is 6.44. The number of aryl methyl sites for hydroxylation is 1. The molecule has 0 saturated carbocycles. The number of nitrogens with zero attached hydrogens (tertiary/aromatic N) is 1. The van der Waals surface area contributed by atoms with Gasteiger partial charge in [-0.25, -0.2) is 4.98 Å². The van der Waals surface area contributed by atoms with Crippen LogP contribution >= 0.6 is 47.5 Å². The van der Waals surface area contributed by atoms with Crippen LogP contribution in [0.15, 0.2) is 17.5 Å². The molecule has 0 aromatic carbocycles. The minimum absolute atomic E-state index is 0. The van der Waals surface area contributed by atoms with E-state index in [1.807, 2.05) is 31.4 Å². The van der Waals surface area contributed by atoms with Crippen molar-refractivity contribution in [3.05, 3.63) is 28.1 Å². The molecule has 0 fully saturated rings. The van der Waals surface area contributed by atoms with Crippen molar-refractivity contribution in [2.75, 3.05) is 6.54 Å². The molecule has 3 N–H and O–H groups in total. The number of nitrogens with two attached hydrogens (primary N) is 1. The third-order valence-corrected chi connectivity index (χ3v) is 4.82. The lowest BCUT2D eigenvalue weighted by atomic mass is 10.2. The summed E-state index contributed by atoms with van der Waals surface area (Å²) < 4.78 is 0. The average Bonchev–Trinajstić information content (AvgIpc) is 2.96. The van der Waals surface area contributed by atoms with Gasteiger partial charge in [0, 0.05) is 12.6 Å². The maximum Gasteiger partial charge on any atom is 0.263 e. The van der Waals surface area contributed by atoms with Crippen LogP contribution in [-0.2, 0) is 0 Å². The van der Waals surface area contributed by atoms with Gasteiger partial charge in [-0.1, -0.05) is 6.07 Å². The summed E-state index contributed by atoms with van der Waals surface area (Å²) in [6.45, 7) is 4.40. The van der Waals surface area contributed by atoms with Gasteiger partial charge in [0.2, 0.25) is 0 Å². The zero-order valence-corrected chi connectivity index (χ0v) is 15.1. The molecule has 2 rings (SSSR count). The van der Waals surface area contributed by atoms with Gasteiger partial charge in [0.25, 0.3) is 5.91 Å². The Hall–Kier alpha value is -0.660. The number of thiazole rings is 1. The maximum atomic E-state index is 12.1. The smallest absolute Gasteiger partial charge is 0.263 e. The molecule has 0 radical (unpaired) electrons. The molecular formula is C13H19Cl2N3OS2. The SMILES string of the molecule is Cc1nc(-c2cccs2)sc1C(=O)NCCC(C)N.Cl.Cl. The number of rotatable bonds is 5. The van der Waals surface area contributed by atoms with Crippen LogP contribution in [0.3, 0.4) is 0 Å². The third-order valence-electron chi connectivity index (χ3n) is 2.62. The number of carbonyl (C=O) groups is 1. The normalized spacial score (nSPS) is 11.2. The fraction of sp³-hybridized carbons (Fsp3) is 0.385. The van der Waals surface area contributed by atoms with E-state index >= 15 is 0 Å². The lowest BCUT2D eigenvalue weighted by Gasteiger charge is -2.06. The number of halogens is 2. The second-order valence-corrected chi connectivity index (χ2v) is 6.38. The molecule has 2 aromatic rings. The van der Waals surface area contributed by atoms with Crippen molar-refractivity contribution in [2.45, 2.75) is 26.3 Å². The number of carbonyl (C=O) groups excluding carboxylic acids is 1. The second kappa shape index (κ2) is 9.38. The second-order valence-electron chi connectivity index (χ2n) is 4.43. The van der Waals surface area contributed by atoms with Crippen molar-refractivity contribution in [1.29, 1.82) is 0 Å². The quantitative estimate of drug-likeness (QED) is 0.849. The number of hydrogen-bond donors (Lipinski definition) is 2. The van der Waals surface area contributed by atoms with Gasteiger partial charge in [0.05, 0.1) is 10.6 Å². The van der Waals surface area contributed by atoms with Gasteiger partial charge in [0.1, 0.15) is 9.88 Å². The fourth-order valence-electron chi connectivity index (χ4n) is 1.61. The van der Waals surface area contributed by atoms with Crippen LogP contribution in [0.1, 0.15) is 28.7 Å². The topological polar surface area (TPSA) is 68.0 Å². The Morgan fingerprint density at radius 1 is 1.48 bits per heavy atom. The summed E-state index contributed by atoms with van der Waals surface area (Å²) in [5, 5.41) is 5.80. The first-order valence-electron chi connectivity index (χ1n) is 6.13. The highest BCUT2D eigenvalue weighted by Crippen LogP contribution is 2.30. The molecule has 1 unspecified atom stereocenters. The summed E-state index contributed by atoms with van der Waals surface area (Å²) in [6.07, 6.45) is 0.779. The van der Waals surface area contributed by atoms with Gasteiger partial charge in [-0.15, -0.1) is 47.5 Å². The predicted molar refractivity (Wildman–Crippen MR) is 95.3 cm³/mol. The number of hydrogen-bond acceptors (Lipinski definition) is 5. The van der Waals surface area contributed by atoms with Crippen LogP contribution in [0.4, 0.5) is 0 Å².